The van der Waals surface area contributed by atoms with E-state index in [4.69, 9.17) is 9.84 Å². The van der Waals surface area contributed by atoms with Gasteiger partial charge >= 0.3 is 5.97 Å². The Bertz CT molecular complexity index is 705. The van der Waals surface area contributed by atoms with Crippen LogP contribution in [-0.2, 0) is 20.7 Å². The molecule has 0 aromatic carbocycles. The minimum Gasteiger partial charge on any atom is -0.478 e. The van der Waals surface area contributed by atoms with Crippen molar-refractivity contribution < 1.29 is 34.8 Å². The van der Waals surface area contributed by atoms with Crippen LogP contribution in [0.25, 0.3) is 0 Å². The van der Waals surface area contributed by atoms with Gasteiger partial charge in [0.2, 0.25) is 11.7 Å². The maximum Gasteiger partial charge on any atom is 0.370 e. The Labute approximate surface area is 155 Å². The minimum atomic E-state index is -1.66. The third kappa shape index (κ3) is 4.81. The van der Waals surface area contributed by atoms with E-state index in [1.165, 1.54) is 17.7 Å². The highest BCUT2D eigenvalue weighted by Gasteiger charge is 2.44. The van der Waals surface area contributed by atoms with Crippen LogP contribution in [0.4, 0.5) is 0 Å². The Morgan fingerprint density at radius 1 is 1.41 bits per heavy atom. The van der Waals surface area contributed by atoms with Gasteiger partial charge in [0, 0.05) is 13.1 Å². The highest BCUT2D eigenvalue weighted by Crippen LogP contribution is 2.29. The number of nitrogens with zero attached hydrogens (tertiary/aromatic N) is 3. The fourth-order valence-electron chi connectivity index (χ4n) is 2.92. The number of carboxylic acids is 1. The molecule has 0 saturated carbocycles. The molecular weight excluding hydrogens is 360 g/mol. The molecule has 1 aliphatic heterocycles. The van der Waals surface area contributed by atoms with E-state index in [0.29, 0.717) is 12.1 Å². The number of hydrogen-bond donors (Lipinski definition) is 5. The number of aliphatic hydroxyl groups is 3. The summed E-state index contributed by atoms with van der Waals surface area (Å²) in [5.74, 6) is -2.31. The SMILES string of the molecule is CCCc1cn(C2C=C(C(=O)O)OC(C(O)C(O)CO)C2NC(C)=O)nn1. The van der Waals surface area contributed by atoms with E-state index in [9.17, 15) is 24.9 Å². The number of carbonyl (C=O) groups excluding carboxylic acids is 1. The van der Waals surface area contributed by atoms with Gasteiger partial charge in [-0.15, -0.1) is 5.10 Å². The van der Waals surface area contributed by atoms with Crippen LogP contribution in [0.3, 0.4) is 0 Å². The molecule has 0 spiro atoms. The van der Waals surface area contributed by atoms with Crippen molar-refractivity contribution in [1.82, 2.24) is 20.3 Å². The second-order valence-corrected chi connectivity index (χ2v) is 6.32. The van der Waals surface area contributed by atoms with Gasteiger partial charge in [0.15, 0.2) is 0 Å². The Hall–Kier alpha value is -2.50. The summed E-state index contributed by atoms with van der Waals surface area (Å²) < 4.78 is 6.69. The molecule has 5 N–H and O–H groups in total. The topological polar surface area (TPSA) is 167 Å². The molecule has 2 heterocycles. The van der Waals surface area contributed by atoms with Gasteiger partial charge < -0.3 is 30.5 Å². The third-order valence-corrected chi connectivity index (χ3v) is 4.18. The summed E-state index contributed by atoms with van der Waals surface area (Å²) in [5.41, 5.74) is 0.684. The Morgan fingerprint density at radius 2 is 2.11 bits per heavy atom. The normalized spacial score (nSPS) is 24.5. The average molecular weight is 384 g/mol. The first-order valence-corrected chi connectivity index (χ1v) is 8.55. The van der Waals surface area contributed by atoms with Crippen molar-refractivity contribution in [3.63, 3.8) is 0 Å². The Balaban J connectivity index is 2.47. The van der Waals surface area contributed by atoms with Crippen LogP contribution in [-0.4, -0.2) is 78.3 Å². The fourth-order valence-corrected chi connectivity index (χ4v) is 2.92. The van der Waals surface area contributed by atoms with Crippen LogP contribution in [0.1, 0.15) is 32.0 Å². The number of aliphatic carboxylic acids is 1. The van der Waals surface area contributed by atoms with E-state index >= 15 is 0 Å². The monoisotopic (exact) mass is 384 g/mol. The first-order chi connectivity index (χ1) is 12.8. The van der Waals surface area contributed by atoms with Gasteiger partial charge in [0.1, 0.15) is 18.3 Å². The molecule has 0 saturated heterocycles. The second-order valence-electron chi connectivity index (χ2n) is 6.32. The summed E-state index contributed by atoms with van der Waals surface area (Å²) >= 11 is 0. The molecule has 5 atom stereocenters. The van der Waals surface area contributed by atoms with Crippen LogP contribution < -0.4 is 5.32 Å². The summed E-state index contributed by atoms with van der Waals surface area (Å²) in [4.78, 5) is 23.1. The lowest BCUT2D eigenvalue weighted by atomic mass is 9.92. The van der Waals surface area contributed by atoms with E-state index in [1.54, 1.807) is 6.20 Å². The van der Waals surface area contributed by atoms with E-state index in [-0.39, 0.29) is 0 Å². The van der Waals surface area contributed by atoms with E-state index in [1.807, 2.05) is 6.92 Å². The summed E-state index contributed by atoms with van der Waals surface area (Å²) in [7, 11) is 0. The highest BCUT2D eigenvalue weighted by atomic mass is 16.5. The minimum absolute atomic E-state index is 0.453. The summed E-state index contributed by atoms with van der Waals surface area (Å²) in [6.45, 7) is 2.45. The number of aliphatic hydroxyl groups excluding tert-OH is 3. The van der Waals surface area contributed by atoms with Gasteiger partial charge in [-0.1, -0.05) is 18.6 Å². The van der Waals surface area contributed by atoms with Gasteiger partial charge in [0.25, 0.3) is 0 Å². The van der Waals surface area contributed by atoms with Crippen molar-refractivity contribution >= 4 is 11.9 Å². The molecule has 1 aliphatic rings. The summed E-state index contributed by atoms with van der Waals surface area (Å²) in [5, 5.41) is 49.2. The number of rotatable bonds is 8. The molecule has 5 unspecified atom stereocenters. The quantitative estimate of drug-likeness (QED) is 0.353. The lowest BCUT2D eigenvalue weighted by Crippen LogP contribution is -2.58. The van der Waals surface area contributed by atoms with Crippen LogP contribution >= 0.6 is 0 Å². The lowest BCUT2D eigenvalue weighted by Gasteiger charge is -2.39. The zero-order valence-electron chi connectivity index (χ0n) is 15.0. The van der Waals surface area contributed by atoms with Crippen molar-refractivity contribution in [2.75, 3.05) is 6.61 Å². The first-order valence-electron chi connectivity index (χ1n) is 8.55. The highest BCUT2D eigenvalue weighted by molar-refractivity contribution is 5.84. The number of carbonyl (C=O) groups is 2. The van der Waals surface area contributed by atoms with Crippen molar-refractivity contribution in [1.29, 1.82) is 0 Å². The molecule has 11 nitrogen and oxygen atoms in total. The number of aromatic nitrogens is 3. The Kier molecular flexibility index (Phi) is 6.88. The van der Waals surface area contributed by atoms with E-state index in [2.05, 4.69) is 15.6 Å². The van der Waals surface area contributed by atoms with Crippen LogP contribution in [0.5, 0.6) is 0 Å². The smallest absolute Gasteiger partial charge is 0.370 e. The standard InChI is InChI=1S/C16H24N4O7/c1-3-4-9-6-20(19-18-9)10-5-12(16(25)26)27-15(13(10)17-8(2)22)14(24)11(23)7-21/h5-6,10-11,13-15,21,23-24H,3-4,7H2,1-2H3,(H,17,22)(H,25,26). The third-order valence-electron chi connectivity index (χ3n) is 4.18. The molecule has 27 heavy (non-hydrogen) atoms. The zero-order chi connectivity index (χ0) is 20.1. The van der Waals surface area contributed by atoms with Crippen molar-refractivity contribution in [3.8, 4) is 0 Å². The molecule has 150 valence electrons. The molecule has 0 aliphatic carbocycles. The van der Waals surface area contributed by atoms with Gasteiger partial charge in [0.05, 0.1) is 24.4 Å². The molecule has 2 rings (SSSR count). The van der Waals surface area contributed by atoms with Crippen molar-refractivity contribution in [2.45, 2.75) is 57.1 Å². The predicted molar refractivity (Wildman–Crippen MR) is 90.3 cm³/mol. The van der Waals surface area contributed by atoms with Gasteiger partial charge in [-0.3, -0.25) is 4.79 Å². The average Bonchev–Trinajstić information content (AvgIpc) is 3.08. The van der Waals surface area contributed by atoms with Crippen molar-refractivity contribution in [3.05, 3.63) is 23.7 Å². The number of hydrogen-bond acceptors (Lipinski definition) is 8. The van der Waals surface area contributed by atoms with Gasteiger partial charge in [-0.2, -0.15) is 0 Å². The molecular formula is C16H24N4O7. The van der Waals surface area contributed by atoms with Crippen molar-refractivity contribution in [2.24, 2.45) is 0 Å². The summed E-state index contributed by atoms with van der Waals surface area (Å²) in [6.07, 6.45) is -0.211. The number of amides is 1. The Morgan fingerprint density at radius 3 is 2.67 bits per heavy atom. The zero-order valence-corrected chi connectivity index (χ0v) is 15.0. The van der Waals surface area contributed by atoms with Gasteiger partial charge in [-0.05, 0) is 12.5 Å². The fraction of sp³-hybridized carbons (Fsp3) is 0.625. The largest absolute Gasteiger partial charge is 0.478 e. The first kappa shape index (κ1) is 20.8. The number of nitrogens with one attached hydrogen (secondary N) is 1. The molecule has 1 aromatic heterocycles. The number of aryl methyl sites for hydroxylation is 1. The van der Waals surface area contributed by atoms with Gasteiger partial charge in [-0.25, -0.2) is 9.48 Å². The lowest BCUT2D eigenvalue weighted by molar-refractivity contribution is -0.147. The second kappa shape index (κ2) is 8.93. The molecule has 0 radical (unpaired) electrons. The van der Waals surface area contributed by atoms with E-state index < -0.39 is 54.6 Å². The molecule has 11 heteroatoms. The molecule has 1 amide bonds. The van der Waals surface area contributed by atoms with E-state index in [0.717, 1.165) is 6.42 Å². The molecule has 0 fully saturated rings. The molecule has 0 bridgehead atoms. The van der Waals surface area contributed by atoms with Crippen LogP contribution in [0.2, 0.25) is 0 Å². The predicted octanol–water partition coefficient (Wildman–Crippen LogP) is -1.64. The molecule has 1 aromatic rings. The van der Waals surface area contributed by atoms with Crippen LogP contribution in [0, 0.1) is 0 Å². The number of ether oxygens (including phenoxy) is 1. The van der Waals surface area contributed by atoms with Crippen LogP contribution in [0.15, 0.2) is 18.0 Å². The maximum atomic E-state index is 11.7. The summed E-state index contributed by atoms with van der Waals surface area (Å²) in [6, 6.07) is -1.80. The maximum absolute atomic E-state index is 11.7. The number of carboxylic acid groups (broad SMARTS) is 1.